The van der Waals surface area contributed by atoms with E-state index in [1.54, 1.807) is 0 Å². The van der Waals surface area contributed by atoms with E-state index in [-0.39, 0.29) is 41.0 Å². The van der Waals surface area contributed by atoms with Gasteiger partial charge < -0.3 is 14.2 Å². The maximum atomic E-state index is 12.8. The van der Waals surface area contributed by atoms with Crippen LogP contribution in [0.15, 0.2) is 5.16 Å². The van der Waals surface area contributed by atoms with Gasteiger partial charge in [-0.1, -0.05) is 11.8 Å². The SMILES string of the molecule is Cn1c(SCC(=O)N(C[C@H]2CCCO2)[C@@H]2CCS(=O)(=O)C2)nnc1C(F)(F)F. The van der Waals surface area contributed by atoms with Crippen LogP contribution in [0.2, 0.25) is 0 Å². The molecule has 13 heteroatoms. The molecule has 2 aliphatic heterocycles. The van der Waals surface area contributed by atoms with Crippen molar-refractivity contribution in [2.45, 2.75) is 42.7 Å². The van der Waals surface area contributed by atoms with Crippen molar-refractivity contribution < 1.29 is 31.1 Å². The maximum absolute atomic E-state index is 12.8. The molecule has 28 heavy (non-hydrogen) atoms. The Morgan fingerprint density at radius 3 is 2.64 bits per heavy atom. The molecule has 0 aromatic carbocycles. The van der Waals surface area contributed by atoms with E-state index in [2.05, 4.69) is 10.2 Å². The molecule has 0 radical (unpaired) electrons. The van der Waals surface area contributed by atoms with Gasteiger partial charge in [-0.3, -0.25) is 4.79 Å². The molecule has 2 aliphatic rings. The highest BCUT2D eigenvalue weighted by Crippen LogP contribution is 2.30. The van der Waals surface area contributed by atoms with Crippen molar-refractivity contribution in [2.24, 2.45) is 7.05 Å². The number of hydrogen-bond donors (Lipinski definition) is 0. The first-order valence-electron chi connectivity index (χ1n) is 8.78. The van der Waals surface area contributed by atoms with Gasteiger partial charge >= 0.3 is 6.18 Å². The lowest BCUT2D eigenvalue weighted by Gasteiger charge is -2.30. The normalized spacial score (nSPS) is 24.6. The standard InChI is InChI=1S/C15H21F3N4O4S2/c1-21-13(15(16,17)18)19-20-14(21)27-8-12(23)22(7-11-3-2-5-26-11)10-4-6-28(24,25)9-10/h10-11H,2-9H2,1H3/t10-,11-/m1/s1. The van der Waals surface area contributed by atoms with Crippen molar-refractivity contribution in [2.75, 3.05) is 30.4 Å². The Morgan fingerprint density at radius 2 is 2.11 bits per heavy atom. The minimum absolute atomic E-state index is 0.0261. The van der Waals surface area contributed by atoms with Gasteiger partial charge in [0, 0.05) is 26.2 Å². The van der Waals surface area contributed by atoms with Gasteiger partial charge in [-0.25, -0.2) is 8.42 Å². The highest BCUT2D eigenvalue weighted by atomic mass is 32.2. The molecule has 0 aliphatic carbocycles. The molecule has 2 atom stereocenters. The highest BCUT2D eigenvalue weighted by molar-refractivity contribution is 7.99. The van der Waals surface area contributed by atoms with Crippen molar-refractivity contribution in [3.8, 4) is 0 Å². The number of rotatable bonds is 6. The zero-order valence-electron chi connectivity index (χ0n) is 15.2. The quantitative estimate of drug-likeness (QED) is 0.610. The molecule has 3 rings (SSSR count). The van der Waals surface area contributed by atoms with Crippen molar-refractivity contribution >= 4 is 27.5 Å². The van der Waals surface area contributed by atoms with Gasteiger partial charge in [0.25, 0.3) is 0 Å². The molecule has 1 aromatic heterocycles. The van der Waals surface area contributed by atoms with E-state index in [9.17, 15) is 26.4 Å². The van der Waals surface area contributed by atoms with E-state index in [0.29, 0.717) is 13.0 Å². The number of amides is 1. The Morgan fingerprint density at radius 1 is 1.36 bits per heavy atom. The lowest BCUT2D eigenvalue weighted by Crippen LogP contribution is -2.46. The Kier molecular flexibility index (Phi) is 6.25. The van der Waals surface area contributed by atoms with Gasteiger partial charge in [0.2, 0.25) is 11.7 Å². The maximum Gasteiger partial charge on any atom is 0.451 e. The van der Waals surface area contributed by atoms with Crippen LogP contribution in [0.4, 0.5) is 13.2 Å². The van der Waals surface area contributed by atoms with Gasteiger partial charge in [0.15, 0.2) is 15.0 Å². The Labute approximate surface area is 164 Å². The number of thioether (sulfide) groups is 1. The smallest absolute Gasteiger partial charge is 0.376 e. The van der Waals surface area contributed by atoms with Gasteiger partial charge in [0.1, 0.15) is 0 Å². The fraction of sp³-hybridized carbons (Fsp3) is 0.800. The number of hydrogen-bond acceptors (Lipinski definition) is 7. The van der Waals surface area contributed by atoms with Gasteiger partial charge in [0.05, 0.1) is 23.4 Å². The molecule has 2 fully saturated rings. The van der Waals surface area contributed by atoms with Crippen molar-refractivity contribution in [1.82, 2.24) is 19.7 Å². The summed E-state index contributed by atoms with van der Waals surface area (Å²) in [7, 11) is -2.00. The summed E-state index contributed by atoms with van der Waals surface area (Å²) in [4.78, 5) is 14.3. The first-order valence-corrected chi connectivity index (χ1v) is 11.6. The van der Waals surface area contributed by atoms with Crippen LogP contribution in [0.3, 0.4) is 0 Å². The van der Waals surface area contributed by atoms with Gasteiger partial charge in [-0.15, -0.1) is 10.2 Å². The number of carbonyl (C=O) groups excluding carboxylic acids is 1. The van der Waals surface area contributed by atoms with E-state index in [0.717, 1.165) is 29.2 Å². The summed E-state index contributed by atoms with van der Waals surface area (Å²) >= 11 is 0.845. The molecule has 0 bridgehead atoms. The Bertz CT molecular complexity index is 822. The molecule has 0 N–H and O–H groups in total. The van der Waals surface area contributed by atoms with Crippen LogP contribution in [0, 0.1) is 0 Å². The number of carbonyl (C=O) groups is 1. The van der Waals surface area contributed by atoms with E-state index in [1.807, 2.05) is 0 Å². The molecule has 8 nitrogen and oxygen atoms in total. The second kappa shape index (κ2) is 8.19. The molecule has 0 unspecified atom stereocenters. The molecule has 0 saturated carbocycles. The molecular weight excluding hydrogens is 421 g/mol. The van der Waals surface area contributed by atoms with Crippen LogP contribution < -0.4 is 0 Å². The molecule has 0 spiro atoms. The molecule has 3 heterocycles. The Hall–Kier alpha value is -1.34. The third kappa shape index (κ3) is 4.98. The zero-order chi connectivity index (χ0) is 20.5. The molecule has 158 valence electrons. The van der Waals surface area contributed by atoms with Crippen LogP contribution in [-0.4, -0.2) is 76.5 Å². The largest absolute Gasteiger partial charge is 0.451 e. The highest BCUT2D eigenvalue weighted by Gasteiger charge is 2.38. The summed E-state index contributed by atoms with van der Waals surface area (Å²) in [6.45, 7) is 0.885. The van der Waals surface area contributed by atoms with E-state index >= 15 is 0 Å². The fourth-order valence-electron chi connectivity index (χ4n) is 3.38. The first-order chi connectivity index (χ1) is 13.1. The molecule has 2 saturated heterocycles. The topological polar surface area (TPSA) is 94.4 Å². The number of sulfone groups is 1. The number of nitrogens with zero attached hydrogens (tertiary/aromatic N) is 4. The van der Waals surface area contributed by atoms with Crippen LogP contribution in [0.1, 0.15) is 25.1 Å². The van der Waals surface area contributed by atoms with Crippen molar-refractivity contribution in [1.29, 1.82) is 0 Å². The van der Waals surface area contributed by atoms with E-state index < -0.39 is 27.9 Å². The summed E-state index contributed by atoms with van der Waals surface area (Å²) in [5, 5.41) is 6.60. The third-order valence-corrected chi connectivity index (χ3v) is 7.56. The molecule has 1 aromatic rings. The van der Waals surface area contributed by atoms with Crippen LogP contribution in [0.25, 0.3) is 0 Å². The first kappa shape index (κ1) is 21.4. The number of aromatic nitrogens is 3. The van der Waals surface area contributed by atoms with Crippen LogP contribution in [-0.2, 0) is 32.6 Å². The minimum atomic E-state index is -4.63. The Balaban J connectivity index is 1.68. The second-order valence-electron chi connectivity index (χ2n) is 6.89. The fourth-order valence-corrected chi connectivity index (χ4v) is 5.91. The third-order valence-electron chi connectivity index (χ3n) is 4.81. The summed E-state index contributed by atoms with van der Waals surface area (Å²) in [6.07, 6.45) is -2.76. The molecular formula is C15H21F3N4O4S2. The number of halogens is 3. The monoisotopic (exact) mass is 442 g/mol. The summed E-state index contributed by atoms with van der Waals surface area (Å²) in [5.74, 6) is -1.72. The van der Waals surface area contributed by atoms with Gasteiger partial charge in [-0.2, -0.15) is 13.2 Å². The summed E-state index contributed by atoms with van der Waals surface area (Å²) < 4.78 is 68.5. The predicted molar refractivity (Wildman–Crippen MR) is 94.5 cm³/mol. The van der Waals surface area contributed by atoms with Crippen molar-refractivity contribution in [3.63, 3.8) is 0 Å². The average Bonchev–Trinajstić information content (AvgIpc) is 3.30. The predicted octanol–water partition coefficient (Wildman–Crippen LogP) is 1.12. The number of alkyl halides is 3. The summed E-state index contributed by atoms with van der Waals surface area (Å²) in [6, 6.07) is -0.437. The van der Waals surface area contributed by atoms with E-state index in [4.69, 9.17) is 4.74 Å². The van der Waals surface area contributed by atoms with Crippen LogP contribution >= 0.6 is 11.8 Å². The summed E-state index contributed by atoms with van der Waals surface area (Å²) in [5.41, 5.74) is 0. The number of ether oxygens (including phenoxy) is 1. The minimum Gasteiger partial charge on any atom is -0.376 e. The zero-order valence-corrected chi connectivity index (χ0v) is 16.8. The lowest BCUT2D eigenvalue weighted by atomic mass is 10.1. The van der Waals surface area contributed by atoms with Crippen molar-refractivity contribution in [3.05, 3.63) is 5.82 Å². The van der Waals surface area contributed by atoms with E-state index in [1.165, 1.54) is 11.9 Å². The average molecular weight is 442 g/mol. The molecule has 1 amide bonds. The van der Waals surface area contributed by atoms with Crippen LogP contribution in [0.5, 0.6) is 0 Å². The van der Waals surface area contributed by atoms with Gasteiger partial charge in [-0.05, 0) is 19.3 Å². The lowest BCUT2D eigenvalue weighted by molar-refractivity contribution is -0.147. The second-order valence-corrected chi connectivity index (χ2v) is 10.1.